The minimum Gasteiger partial charge on any atom is -0.356 e. The van der Waals surface area contributed by atoms with Gasteiger partial charge in [0, 0.05) is 26.3 Å². The van der Waals surface area contributed by atoms with Crippen LogP contribution in [0, 0.1) is 0 Å². The lowest BCUT2D eigenvalue weighted by Gasteiger charge is -2.03. The highest BCUT2D eigenvalue weighted by Crippen LogP contribution is 2.10. The summed E-state index contributed by atoms with van der Waals surface area (Å²) in [5.41, 5.74) is 0. The quantitative estimate of drug-likeness (QED) is 0.514. The number of Topliss-reactive ketones (excluding diaryl/α,β-unsaturated/α-hetero) is 1. The molecular formula is C16H31NO2. The first-order chi connectivity index (χ1) is 9.16. The second-order valence-corrected chi connectivity index (χ2v) is 5.35. The molecule has 0 rings (SSSR count). The van der Waals surface area contributed by atoms with Crippen LogP contribution in [0.1, 0.15) is 84.5 Å². The summed E-state index contributed by atoms with van der Waals surface area (Å²) in [7, 11) is 0. The highest BCUT2D eigenvalue weighted by atomic mass is 16.1. The van der Waals surface area contributed by atoms with Gasteiger partial charge in [-0.3, -0.25) is 9.59 Å². The lowest BCUT2D eigenvalue weighted by Crippen LogP contribution is -2.21. The fourth-order valence-corrected chi connectivity index (χ4v) is 2.13. The van der Waals surface area contributed by atoms with Crippen molar-refractivity contribution in [2.45, 2.75) is 84.5 Å². The van der Waals surface area contributed by atoms with E-state index >= 15 is 0 Å². The van der Waals surface area contributed by atoms with Crippen molar-refractivity contribution in [3.8, 4) is 0 Å². The first-order valence-corrected chi connectivity index (χ1v) is 7.93. The first kappa shape index (κ1) is 18.1. The second kappa shape index (κ2) is 13.6. The monoisotopic (exact) mass is 269 g/mol. The van der Waals surface area contributed by atoms with Gasteiger partial charge in [-0.1, -0.05) is 51.9 Å². The topological polar surface area (TPSA) is 46.2 Å². The third-order valence-corrected chi connectivity index (χ3v) is 3.32. The van der Waals surface area contributed by atoms with Gasteiger partial charge in [-0.2, -0.15) is 0 Å². The van der Waals surface area contributed by atoms with Crippen LogP contribution in [0.15, 0.2) is 0 Å². The summed E-state index contributed by atoms with van der Waals surface area (Å²) in [4.78, 5) is 22.2. The first-order valence-electron chi connectivity index (χ1n) is 7.93. The van der Waals surface area contributed by atoms with Crippen LogP contribution in [-0.2, 0) is 9.59 Å². The molecule has 0 aliphatic rings. The van der Waals surface area contributed by atoms with Crippen molar-refractivity contribution in [1.29, 1.82) is 0 Å². The van der Waals surface area contributed by atoms with E-state index in [0.717, 1.165) is 19.3 Å². The molecule has 0 atom stereocenters. The van der Waals surface area contributed by atoms with Gasteiger partial charge < -0.3 is 5.32 Å². The van der Waals surface area contributed by atoms with Gasteiger partial charge in [0.25, 0.3) is 0 Å². The Balaban J connectivity index is 3.18. The third kappa shape index (κ3) is 15.1. The Morgan fingerprint density at radius 1 is 0.789 bits per heavy atom. The van der Waals surface area contributed by atoms with Gasteiger partial charge in [0.1, 0.15) is 5.78 Å². The Hall–Kier alpha value is -0.860. The highest BCUT2D eigenvalue weighted by Gasteiger charge is 2.02. The van der Waals surface area contributed by atoms with Crippen LogP contribution in [0.25, 0.3) is 0 Å². The normalized spacial score (nSPS) is 10.4. The molecule has 0 spiro atoms. The lowest BCUT2D eigenvalue weighted by atomic mass is 10.0. The van der Waals surface area contributed by atoms with E-state index in [-0.39, 0.29) is 5.91 Å². The van der Waals surface area contributed by atoms with Crippen LogP contribution in [0.3, 0.4) is 0 Å². The van der Waals surface area contributed by atoms with Gasteiger partial charge >= 0.3 is 0 Å². The van der Waals surface area contributed by atoms with Gasteiger partial charge in [0.2, 0.25) is 5.91 Å². The number of carbonyl (C=O) groups is 2. The molecule has 0 bridgehead atoms. The van der Waals surface area contributed by atoms with Crippen molar-refractivity contribution >= 4 is 11.7 Å². The molecule has 0 saturated heterocycles. The number of unbranched alkanes of at least 4 members (excludes halogenated alkanes) is 7. The van der Waals surface area contributed by atoms with E-state index in [2.05, 4.69) is 12.2 Å². The van der Waals surface area contributed by atoms with Crippen LogP contribution in [0.4, 0.5) is 0 Å². The fraction of sp³-hybridized carbons (Fsp3) is 0.875. The maximum atomic E-state index is 11.5. The third-order valence-electron chi connectivity index (χ3n) is 3.32. The van der Waals surface area contributed by atoms with E-state index < -0.39 is 0 Å². The predicted molar refractivity (Wildman–Crippen MR) is 80.2 cm³/mol. The smallest absolute Gasteiger partial charge is 0.216 e. The molecule has 0 radical (unpaired) electrons. The van der Waals surface area contributed by atoms with Gasteiger partial charge in [-0.15, -0.1) is 0 Å². The maximum Gasteiger partial charge on any atom is 0.216 e. The highest BCUT2D eigenvalue weighted by molar-refractivity contribution is 5.78. The van der Waals surface area contributed by atoms with Crippen LogP contribution >= 0.6 is 0 Å². The Morgan fingerprint density at radius 2 is 1.32 bits per heavy atom. The molecule has 1 N–H and O–H groups in total. The molecule has 0 aromatic carbocycles. The second-order valence-electron chi connectivity index (χ2n) is 5.35. The zero-order valence-electron chi connectivity index (χ0n) is 12.8. The van der Waals surface area contributed by atoms with Gasteiger partial charge in [-0.25, -0.2) is 0 Å². The number of hydrogen-bond donors (Lipinski definition) is 1. The number of carbonyl (C=O) groups excluding carboxylic acids is 2. The van der Waals surface area contributed by atoms with Crippen LogP contribution < -0.4 is 5.32 Å². The van der Waals surface area contributed by atoms with Crippen molar-refractivity contribution in [2.75, 3.05) is 6.54 Å². The van der Waals surface area contributed by atoms with Gasteiger partial charge in [0.15, 0.2) is 0 Å². The average molecular weight is 269 g/mol. The van der Waals surface area contributed by atoms with Crippen molar-refractivity contribution in [3.05, 3.63) is 0 Å². The molecule has 0 aromatic heterocycles. The Morgan fingerprint density at radius 3 is 1.89 bits per heavy atom. The summed E-state index contributed by atoms with van der Waals surface area (Å²) in [5, 5.41) is 2.71. The van der Waals surface area contributed by atoms with E-state index in [1.165, 1.54) is 51.9 Å². The Kier molecular flexibility index (Phi) is 13.0. The summed E-state index contributed by atoms with van der Waals surface area (Å²) >= 11 is 0. The minimum absolute atomic E-state index is 0.0180. The molecule has 19 heavy (non-hydrogen) atoms. The summed E-state index contributed by atoms with van der Waals surface area (Å²) in [6.07, 6.45) is 12.3. The van der Waals surface area contributed by atoms with Crippen LogP contribution in [0.2, 0.25) is 0 Å². The predicted octanol–water partition coefficient (Wildman–Crippen LogP) is 4.00. The standard InChI is InChI=1S/C16H31NO2/c1-3-4-5-6-7-8-9-10-12-16(19)13-11-14-17-15(2)18/h3-14H2,1-2H3,(H,17,18). The van der Waals surface area contributed by atoms with E-state index in [9.17, 15) is 9.59 Å². The molecule has 0 aliphatic carbocycles. The molecule has 0 aliphatic heterocycles. The van der Waals surface area contributed by atoms with E-state index in [1.807, 2.05) is 0 Å². The number of nitrogens with one attached hydrogen (secondary N) is 1. The number of hydrogen-bond acceptors (Lipinski definition) is 2. The summed E-state index contributed by atoms with van der Waals surface area (Å²) in [6, 6.07) is 0. The van der Waals surface area contributed by atoms with Crippen molar-refractivity contribution in [2.24, 2.45) is 0 Å². The molecule has 3 heteroatoms. The van der Waals surface area contributed by atoms with E-state index in [0.29, 0.717) is 18.7 Å². The zero-order chi connectivity index (χ0) is 14.3. The molecule has 1 amide bonds. The molecule has 0 fully saturated rings. The molecular weight excluding hydrogens is 238 g/mol. The molecule has 0 heterocycles. The largest absolute Gasteiger partial charge is 0.356 e. The van der Waals surface area contributed by atoms with E-state index in [1.54, 1.807) is 0 Å². The average Bonchev–Trinajstić information content (AvgIpc) is 2.37. The fourth-order valence-electron chi connectivity index (χ4n) is 2.13. The Bertz CT molecular complexity index is 239. The number of ketones is 1. The van der Waals surface area contributed by atoms with Crippen molar-refractivity contribution < 1.29 is 9.59 Å². The van der Waals surface area contributed by atoms with E-state index in [4.69, 9.17) is 0 Å². The molecule has 3 nitrogen and oxygen atoms in total. The van der Waals surface area contributed by atoms with Crippen molar-refractivity contribution in [1.82, 2.24) is 5.32 Å². The number of rotatable bonds is 13. The summed E-state index contributed by atoms with van der Waals surface area (Å²) in [6.45, 7) is 4.36. The van der Waals surface area contributed by atoms with Crippen LogP contribution in [0.5, 0.6) is 0 Å². The number of amides is 1. The molecule has 0 aromatic rings. The molecule has 112 valence electrons. The van der Waals surface area contributed by atoms with Crippen LogP contribution in [-0.4, -0.2) is 18.2 Å². The maximum absolute atomic E-state index is 11.5. The van der Waals surface area contributed by atoms with Gasteiger partial charge in [0.05, 0.1) is 0 Å². The van der Waals surface area contributed by atoms with Crippen molar-refractivity contribution in [3.63, 3.8) is 0 Å². The summed E-state index contributed by atoms with van der Waals surface area (Å²) in [5.74, 6) is 0.326. The Labute approximate surface area is 118 Å². The zero-order valence-corrected chi connectivity index (χ0v) is 12.8. The lowest BCUT2D eigenvalue weighted by molar-refractivity contribution is -0.120. The molecule has 0 saturated carbocycles. The SMILES string of the molecule is CCCCCCCCCCC(=O)CCCNC(C)=O. The molecule has 0 unspecified atom stereocenters. The summed E-state index contributed by atoms with van der Waals surface area (Å²) < 4.78 is 0. The van der Waals surface area contributed by atoms with Gasteiger partial charge in [-0.05, 0) is 12.8 Å². The minimum atomic E-state index is -0.0180.